The van der Waals surface area contributed by atoms with E-state index in [2.05, 4.69) is 0 Å². The number of hydrogen-bond donors (Lipinski definition) is 7. The van der Waals surface area contributed by atoms with Gasteiger partial charge in [-0.25, -0.2) is 0 Å². The summed E-state index contributed by atoms with van der Waals surface area (Å²) in [5, 5.41) is 68.8. The monoisotopic (exact) mass is 448 g/mol. The van der Waals surface area contributed by atoms with E-state index in [9.17, 15) is 40.5 Å². The first-order chi connectivity index (χ1) is 15.2. The Labute approximate surface area is 179 Å². The van der Waals surface area contributed by atoms with Crippen LogP contribution in [-0.2, 0) is 4.74 Å². The minimum Gasteiger partial charge on any atom is -0.508 e. The van der Waals surface area contributed by atoms with Gasteiger partial charge in [-0.05, 0) is 24.3 Å². The molecule has 7 N–H and O–H groups in total. The molecule has 4 rings (SSSR count). The lowest BCUT2D eigenvalue weighted by molar-refractivity contribution is -0.277. The van der Waals surface area contributed by atoms with E-state index in [1.54, 1.807) is 0 Å². The predicted molar refractivity (Wildman–Crippen MR) is 107 cm³/mol. The molecule has 0 amide bonds. The van der Waals surface area contributed by atoms with Crippen LogP contribution in [0.5, 0.6) is 23.0 Å². The molecule has 0 radical (unpaired) electrons. The normalized spacial score (nSPS) is 25.7. The summed E-state index contributed by atoms with van der Waals surface area (Å²) in [5.41, 5.74) is -0.801. The number of aromatic hydroxyl groups is 3. The van der Waals surface area contributed by atoms with Gasteiger partial charge in [-0.2, -0.15) is 0 Å². The Morgan fingerprint density at radius 1 is 0.906 bits per heavy atom. The highest BCUT2D eigenvalue weighted by Gasteiger charge is 2.45. The van der Waals surface area contributed by atoms with Crippen molar-refractivity contribution in [2.75, 3.05) is 6.61 Å². The Hall–Kier alpha value is -3.35. The zero-order valence-electron chi connectivity index (χ0n) is 16.3. The molecule has 0 unspecified atom stereocenters. The Balaban J connectivity index is 1.89. The van der Waals surface area contributed by atoms with E-state index in [-0.39, 0.29) is 33.8 Å². The van der Waals surface area contributed by atoms with Gasteiger partial charge in [0, 0.05) is 17.7 Å². The Kier molecular flexibility index (Phi) is 5.67. The fraction of sp³-hybridized carbons (Fsp3) is 0.286. The number of benzene rings is 2. The van der Waals surface area contributed by atoms with Crippen molar-refractivity contribution in [1.82, 2.24) is 0 Å². The van der Waals surface area contributed by atoms with Crippen LogP contribution in [0.15, 0.2) is 45.6 Å². The van der Waals surface area contributed by atoms with E-state index in [0.717, 1.165) is 12.1 Å². The third kappa shape index (κ3) is 3.72. The van der Waals surface area contributed by atoms with Crippen molar-refractivity contribution < 1.29 is 49.6 Å². The van der Waals surface area contributed by atoms with Crippen molar-refractivity contribution in [1.29, 1.82) is 0 Å². The Bertz CT molecular complexity index is 1190. The van der Waals surface area contributed by atoms with Crippen LogP contribution < -0.4 is 10.2 Å². The third-order valence-corrected chi connectivity index (χ3v) is 5.13. The number of hydrogen-bond acceptors (Lipinski definition) is 11. The van der Waals surface area contributed by atoms with Crippen molar-refractivity contribution in [3.05, 3.63) is 46.6 Å². The molecular formula is C21H20O11. The van der Waals surface area contributed by atoms with Gasteiger partial charge in [0.05, 0.1) is 6.61 Å². The topological polar surface area (TPSA) is 190 Å². The van der Waals surface area contributed by atoms with Gasteiger partial charge in [-0.3, -0.25) is 4.79 Å². The van der Waals surface area contributed by atoms with Gasteiger partial charge in [0.1, 0.15) is 52.6 Å². The molecule has 2 aromatic carbocycles. The number of aliphatic hydroxyl groups is 4. The van der Waals surface area contributed by atoms with Crippen LogP contribution in [0.4, 0.5) is 0 Å². The summed E-state index contributed by atoms with van der Waals surface area (Å²) in [4.78, 5) is 13.2. The van der Waals surface area contributed by atoms with Crippen molar-refractivity contribution in [2.24, 2.45) is 0 Å². The lowest BCUT2D eigenvalue weighted by Crippen LogP contribution is -2.60. The van der Waals surface area contributed by atoms with Crippen molar-refractivity contribution in [3.8, 4) is 34.3 Å². The minimum atomic E-state index is -1.80. The van der Waals surface area contributed by atoms with Crippen molar-refractivity contribution >= 4 is 11.0 Å². The number of phenolic OH excluding ortho intramolecular Hbond substituents is 3. The van der Waals surface area contributed by atoms with Gasteiger partial charge in [-0.15, -0.1) is 0 Å². The van der Waals surface area contributed by atoms with Crippen LogP contribution in [-0.4, -0.2) is 73.1 Å². The molecular weight excluding hydrogens is 428 g/mol. The summed E-state index contributed by atoms with van der Waals surface area (Å²) in [6.07, 6.45) is -8.16. The standard InChI is InChI=1S/C21H20O11/c22-7-13-15(26)17(28)18(29)21(31-13)32-20-16(27)14-11(25)5-10(24)6-12(14)30-19(20)8-1-3-9(23)4-2-8/h1-6,13,15,17-18,21-26,28-29H,7H2/t13-,15-,17+,18-,21-/m0/s1. The quantitative estimate of drug-likeness (QED) is 0.279. The average molecular weight is 448 g/mol. The smallest absolute Gasteiger partial charge is 0.239 e. The zero-order valence-corrected chi connectivity index (χ0v) is 16.3. The van der Waals surface area contributed by atoms with Gasteiger partial charge in [0.15, 0.2) is 5.76 Å². The highest BCUT2D eigenvalue weighted by atomic mass is 16.7. The lowest BCUT2D eigenvalue weighted by atomic mass is 9.99. The van der Waals surface area contributed by atoms with Crippen LogP contribution >= 0.6 is 0 Å². The Morgan fingerprint density at radius 2 is 1.59 bits per heavy atom. The van der Waals surface area contributed by atoms with Gasteiger partial charge in [-0.1, -0.05) is 0 Å². The summed E-state index contributed by atoms with van der Waals surface area (Å²) < 4.78 is 16.6. The molecule has 11 heteroatoms. The molecule has 0 bridgehead atoms. The van der Waals surface area contributed by atoms with Crippen LogP contribution in [0.25, 0.3) is 22.3 Å². The molecule has 32 heavy (non-hydrogen) atoms. The van der Waals surface area contributed by atoms with Crippen molar-refractivity contribution in [2.45, 2.75) is 30.7 Å². The fourth-order valence-corrected chi connectivity index (χ4v) is 3.46. The van der Waals surface area contributed by atoms with E-state index in [1.807, 2.05) is 0 Å². The minimum absolute atomic E-state index is 0.0661. The second-order valence-electron chi connectivity index (χ2n) is 7.29. The van der Waals surface area contributed by atoms with E-state index < -0.39 is 54.2 Å². The van der Waals surface area contributed by atoms with Crippen LogP contribution in [0.3, 0.4) is 0 Å². The van der Waals surface area contributed by atoms with Crippen LogP contribution in [0.1, 0.15) is 0 Å². The third-order valence-electron chi connectivity index (χ3n) is 5.13. The molecule has 0 spiro atoms. The summed E-state index contributed by atoms with van der Waals surface area (Å²) >= 11 is 0. The lowest BCUT2D eigenvalue weighted by Gasteiger charge is -2.39. The first-order valence-corrected chi connectivity index (χ1v) is 9.50. The van der Waals surface area contributed by atoms with E-state index in [0.29, 0.717) is 0 Å². The van der Waals surface area contributed by atoms with Crippen molar-refractivity contribution in [3.63, 3.8) is 0 Å². The largest absolute Gasteiger partial charge is 0.508 e. The SMILES string of the molecule is O=c1c(O[C@@H]2O[C@@H](CO)[C@H](O)[C@@H](O)[C@@H]2O)c(-c2ccc(O)cc2)oc2cc(O)cc(O)c12. The van der Waals surface area contributed by atoms with E-state index in [1.165, 1.54) is 24.3 Å². The number of rotatable bonds is 4. The number of fused-ring (bicyclic) bond motifs is 1. The summed E-state index contributed by atoms with van der Waals surface area (Å²) in [5.74, 6) is -1.73. The molecule has 1 aromatic heterocycles. The molecule has 1 saturated heterocycles. The van der Waals surface area contributed by atoms with Crippen LogP contribution in [0, 0.1) is 0 Å². The van der Waals surface area contributed by atoms with Gasteiger partial charge in [0.2, 0.25) is 17.5 Å². The number of ether oxygens (including phenoxy) is 2. The second-order valence-corrected chi connectivity index (χ2v) is 7.29. The maximum Gasteiger partial charge on any atom is 0.239 e. The van der Waals surface area contributed by atoms with Gasteiger partial charge >= 0.3 is 0 Å². The maximum absolute atomic E-state index is 13.2. The van der Waals surface area contributed by atoms with Gasteiger partial charge < -0.3 is 49.6 Å². The second kappa shape index (κ2) is 8.30. The van der Waals surface area contributed by atoms with Crippen LogP contribution in [0.2, 0.25) is 0 Å². The molecule has 0 aliphatic carbocycles. The fourth-order valence-electron chi connectivity index (χ4n) is 3.46. The molecule has 1 aliphatic heterocycles. The first-order valence-electron chi connectivity index (χ1n) is 9.50. The summed E-state index contributed by atoms with van der Waals surface area (Å²) in [6, 6.07) is 7.48. The Morgan fingerprint density at radius 3 is 2.25 bits per heavy atom. The maximum atomic E-state index is 13.2. The molecule has 3 aromatic rings. The molecule has 11 nitrogen and oxygen atoms in total. The molecule has 1 fully saturated rings. The number of aliphatic hydroxyl groups excluding tert-OH is 4. The summed E-state index contributed by atoms with van der Waals surface area (Å²) in [7, 11) is 0. The molecule has 0 saturated carbocycles. The first kappa shape index (κ1) is 21.9. The van der Waals surface area contributed by atoms with E-state index >= 15 is 0 Å². The molecule has 170 valence electrons. The van der Waals surface area contributed by atoms with Gasteiger partial charge in [0.25, 0.3) is 0 Å². The zero-order chi connectivity index (χ0) is 23.2. The highest BCUT2D eigenvalue weighted by molar-refractivity contribution is 5.88. The number of phenols is 3. The molecule has 1 aliphatic rings. The molecule has 5 atom stereocenters. The van der Waals surface area contributed by atoms with E-state index in [4.69, 9.17) is 13.9 Å². The average Bonchev–Trinajstić information content (AvgIpc) is 2.75. The predicted octanol–water partition coefficient (Wildman–Crippen LogP) is -0.244. The molecule has 2 heterocycles. The summed E-state index contributed by atoms with van der Waals surface area (Å²) in [6.45, 7) is -0.706. The highest BCUT2D eigenvalue weighted by Crippen LogP contribution is 2.37.